The highest BCUT2D eigenvalue weighted by molar-refractivity contribution is 7.92. The molecule has 0 saturated carbocycles. The second kappa shape index (κ2) is 4.92. The third-order valence-electron chi connectivity index (χ3n) is 2.50. The van der Waals surface area contributed by atoms with Gasteiger partial charge in [-0.2, -0.15) is 0 Å². The smallest absolute Gasteiger partial charge is 0.231 e. The van der Waals surface area contributed by atoms with Crippen LogP contribution in [0.3, 0.4) is 0 Å². The van der Waals surface area contributed by atoms with Gasteiger partial charge in [0, 0.05) is 0 Å². The SMILES string of the molecule is C[Si](C)(C)N([Si](C)(C)C)S(=O)(=O)c1ccccc1. The van der Waals surface area contributed by atoms with Gasteiger partial charge in [-0.15, -0.1) is 0 Å². The Morgan fingerprint density at radius 2 is 1.22 bits per heavy atom. The number of rotatable bonds is 4. The molecule has 0 aliphatic rings. The summed E-state index contributed by atoms with van der Waals surface area (Å²) in [6.45, 7) is 12.5. The summed E-state index contributed by atoms with van der Waals surface area (Å²) in [6.07, 6.45) is 0. The van der Waals surface area contributed by atoms with Crippen molar-refractivity contribution in [3.63, 3.8) is 0 Å². The van der Waals surface area contributed by atoms with Crippen LogP contribution >= 0.6 is 0 Å². The molecule has 0 heterocycles. The van der Waals surface area contributed by atoms with E-state index in [0.717, 1.165) is 0 Å². The van der Waals surface area contributed by atoms with Gasteiger partial charge in [0.05, 0.1) is 4.90 Å². The van der Waals surface area contributed by atoms with Gasteiger partial charge in [-0.25, -0.2) is 12.1 Å². The lowest BCUT2D eigenvalue weighted by Gasteiger charge is -2.42. The van der Waals surface area contributed by atoms with Crippen molar-refractivity contribution >= 4 is 26.5 Å². The fraction of sp³-hybridized carbons (Fsp3) is 0.500. The minimum atomic E-state index is -3.36. The van der Waals surface area contributed by atoms with Gasteiger partial charge in [-0.05, 0) is 12.1 Å². The summed E-state index contributed by atoms with van der Waals surface area (Å²) in [5.41, 5.74) is 0. The van der Waals surface area contributed by atoms with Gasteiger partial charge in [0.1, 0.15) is 16.5 Å². The van der Waals surface area contributed by atoms with Crippen LogP contribution in [0.2, 0.25) is 39.3 Å². The van der Waals surface area contributed by atoms with E-state index in [1.165, 1.54) is 0 Å². The number of sulfonamides is 1. The second-order valence-electron chi connectivity index (χ2n) is 6.42. The summed E-state index contributed by atoms with van der Waals surface area (Å²) in [5, 5.41) is 0. The van der Waals surface area contributed by atoms with Crippen molar-refractivity contribution in [1.82, 2.24) is 3.64 Å². The van der Waals surface area contributed by atoms with E-state index in [1.807, 2.05) is 9.70 Å². The molecule has 3 nitrogen and oxygen atoms in total. The molecule has 102 valence electrons. The molecule has 0 amide bonds. The Labute approximate surface area is 113 Å². The average molecular weight is 302 g/mol. The maximum Gasteiger partial charge on any atom is 0.231 e. The first-order chi connectivity index (χ1) is 7.97. The monoisotopic (exact) mass is 301 g/mol. The first-order valence-corrected chi connectivity index (χ1v) is 14.4. The number of nitrogens with zero attached hydrogens (tertiary/aromatic N) is 1. The standard InChI is InChI=1S/C12H23NO2SSi2/c1-17(2,3)13(18(4,5)6)16(14,15)12-10-8-7-9-11-12/h7-11H,1-6H3. The maximum absolute atomic E-state index is 12.8. The van der Waals surface area contributed by atoms with E-state index in [2.05, 4.69) is 39.3 Å². The molecule has 0 unspecified atom stereocenters. The van der Waals surface area contributed by atoms with E-state index in [-0.39, 0.29) is 0 Å². The molecule has 0 spiro atoms. The van der Waals surface area contributed by atoms with Crippen LogP contribution in [0.5, 0.6) is 0 Å². The van der Waals surface area contributed by atoms with Gasteiger partial charge in [0.15, 0.2) is 0 Å². The first kappa shape index (κ1) is 15.6. The quantitative estimate of drug-likeness (QED) is 0.800. The van der Waals surface area contributed by atoms with Crippen molar-refractivity contribution in [2.45, 2.75) is 44.2 Å². The summed E-state index contributed by atoms with van der Waals surface area (Å²) in [6, 6.07) is 8.76. The highest BCUT2D eigenvalue weighted by Gasteiger charge is 2.43. The van der Waals surface area contributed by atoms with Gasteiger partial charge < -0.3 is 0 Å². The molecule has 0 saturated heterocycles. The van der Waals surface area contributed by atoms with E-state index >= 15 is 0 Å². The molecule has 0 bridgehead atoms. The lowest BCUT2D eigenvalue weighted by atomic mass is 10.4. The molecule has 1 rings (SSSR count). The van der Waals surface area contributed by atoms with Crippen molar-refractivity contribution in [3.05, 3.63) is 30.3 Å². The topological polar surface area (TPSA) is 37.4 Å². The molecule has 0 atom stereocenters. The van der Waals surface area contributed by atoms with Crippen molar-refractivity contribution in [3.8, 4) is 0 Å². The van der Waals surface area contributed by atoms with Crippen LogP contribution in [-0.4, -0.2) is 28.5 Å². The Morgan fingerprint density at radius 3 is 1.56 bits per heavy atom. The van der Waals surface area contributed by atoms with E-state index < -0.39 is 26.5 Å². The zero-order chi connectivity index (χ0) is 14.2. The van der Waals surface area contributed by atoms with Gasteiger partial charge in [-0.3, -0.25) is 0 Å². The average Bonchev–Trinajstić information content (AvgIpc) is 2.13. The Morgan fingerprint density at radius 1 is 0.833 bits per heavy atom. The second-order valence-corrected chi connectivity index (χ2v) is 18.9. The Hall–Kier alpha value is -0.436. The Kier molecular flexibility index (Phi) is 4.27. The molecule has 0 aliphatic carbocycles. The summed E-state index contributed by atoms with van der Waals surface area (Å²) in [5.74, 6) is 0. The van der Waals surface area contributed by atoms with E-state index in [0.29, 0.717) is 4.90 Å². The van der Waals surface area contributed by atoms with Gasteiger partial charge in [0.25, 0.3) is 0 Å². The van der Waals surface area contributed by atoms with E-state index in [1.54, 1.807) is 24.3 Å². The van der Waals surface area contributed by atoms with Gasteiger partial charge in [0.2, 0.25) is 10.0 Å². The highest BCUT2D eigenvalue weighted by atomic mass is 32.2. The predicted octanol–water partition coefficient (Wildman–Crippen LogP) is 3.35. The molecule has 18 heavy (non-hydrogen) atoms. The zero-order valence-corrected chi connectivity index (χ0v) is 14.9. The number of benzene rings is 1. The van der Waals surface area contributed by atoms with Crippen LogP contribution in [0.15, 0.2) is 35.2 Å². The number of hydrogen-bond acceptors (Lipinski definition) is 2. The lowest BCUT2D eigenvalue weighted by molar-refractivity contribution is 0.571. The molecule has 0 aliphatic heterocycles. The summed E-state index contributed by atoms with van der Waals surface area (Å²) < 4.78 is 27.5. The molecule has 0 N–H and O–H groups in total. The fourth-order valence-electron chi connectivity index (χ4n) is 2.43. The van der Waals surface area contributed by atoms with Crippen LogP contribution < -0.4 is 0 Å². The van der Waals surface area contributed by atoms with Crippen molar-refractivity contribution in [2.24, 2.45) is 0 Å². The van der Waals surface area contributed by atoms with Crippen LogP contribution in [0.4, 0.5) is 0 Å². The summed E-state index contributed by atoms with van der Waals surface area (Å²) >= 11 is 0. The first-order valence-electron chi connectivity index (χ1n) is 6.08. The van der Waals surface area contributed by atoms with E-state index in [9.17, 15) is 8.42 Å². The predicted molar refractivity (Wildman–Crippen MR) is 82.2 cm³/mol. The lowest BCUT2D eigenvalue weighted by Crippen LogP contribution is -2.61. The molecular formula is C12H23NO2SSi2. The largest absolute Gasteiger partial charge is 0.243 e. The summed E-state index contributed by atoms with van der Waals surface area (Å²) in [7, 11) is -7.23. The Bertz CT molecular complexity index is 487. The molecular weight excluding hydrogens is 278 g/mol. The maximum atomic E-state index is 12.8. The van der Waals surface area contributed by atoms with Crippen LogP contribution in [0.1, 0.15) is 0 Å². The molecule has 0 aromatic heterocycles. The summed E-state index contributed by atoms with van der Waals surface area (Å²) in [4.78, 5) is 0.412. The van der Waals surface area contributed by atoms with Gasteiger partial charge in [-0.1, -0.05) is 57.5 Å². The molecule has 6 heteroatoms. The number of hydrogen-bond donors (Lipinski definition) is 0. The van der Waals surface area contributed by atoms with Crippen molar-refractivity contribution < 1.29 is 8.42 Å². The van der Waals surface area contributed by atoms with Crippen LogP contribution in [0, 0.1) is 0 Å². The molecule has 0 radical (unpaired) electrons. The van der Waals surface area contributed by atoms with Gasteiger partial charge >= 0.3 is 0 Å². The normalized spacial score (nSPS) is 13.9. The fourth-order valence-corrected chi connectivity index (χ4v) is 17.6. The molecule has 1 aromatic carbocycles. The molecule has 0 fully saturated rings. The van der Waals surface area contributed by atoms with E-state index in [4.69, 9.17) is 0 Å². The Balaban J connectivity index is 3.41. The van der Waals surface area contributed by atoms with Crippen molar-refractivity contribution in [2.75, 3.05) is 0 Å². The van der Waals surface area contributed by atoms with Crippen LogP contribution in [-0.2, 0) is 10.0 Å². The third-order valence-corrected chi connectivity index (χ3v) is 15.0. The minimum Gasteiger partial charge on any atom is -0.243 e. The van der Waals surface area contributed by atoms with Crippen molar-refractivity contribution in [1.29, 1.82) is 0 Å². The minimum absolute atomic E-state index is 0.412. The highest BCUT2D eigenvalue weighted by Crippen LogP contribution is 2.28. The third kappa shape index (κ3) is 3.31. The zero-order valence-electron chi connectivity index (χ0n) is 12.1. The van der Waals surface area contributed by atoms with Crippen LogP contribution in [0.25, 0.3) is 0 Å². The molecule has 1 aromatic rings.